The van der Waals surface area contributed by atoms with E-state index in [1.54, 1.807) is 6.92 Å². The molecule has 0 amide bonds. The van der Waals surface area contributed by atoms with Crippen LogP contribution in [0.3, 0.4) is 0 Å². The fraction of sp³-hybridized carbons (Fsp3) is 0.714. The summed E-state index contributed by atoms with van der Waals surface area (Å²) >= 11 is 0. The van der Waals surface area contributed by atoms with E-state index in [0.717, 1.165) is 19.3 Å². The number of carbonyl (C=O) groups is 2. The molecule has 0 aromatic rings. The molecule has 23 heavy (non-hydrogen) atoms. The number of allylic oxidation sites excluding steroid dienone is 4. The highest BCUT2D eigenvalue weighted by molar-refractivity contribution is 5.91. The first-order valence-corrected chi connectivity index (χ1v) is 9.30. The predicted octanol–water partition coefficient (Wildman–Crippen LogP) is 4.50. The van der Waals surface area contributed by atoms with Gasteiger partial charge in [-0.2, -0.15) is 0 Å². The Morgan fingerprint density at radius 2 is 1.96 bits per heavy atom. The lowest BCUT2D eigenvalue weighted by Crippen LogP contribution is -2.48. The molecule has 0 bridgehead atoms. The monoisotopic (exact) mass is 312 g/mol. The molecule has 4 aliphatic carbocycles. The van der Waals surface area contributed by atoms with Crippen molar-refractivity contribution in [2.45, 2.75) is 59.3 Å². The quantitative estimate of drug-likeness (QED) is 0.668. The summed E-state index contributed by atoms with van der Waals surface area (Å²) in [5.41, 5.74) is 1.63. The lowest BCUT2D eigenvalue weighted by atomic mass is 9.49. The SMILES string of the molecule is CC(=O)[C@@H]1CC[C@@H]2[C@H]3CCC4=CC(=O)CC[C@@]4(C)[C@@H]3C=C[C@@]21C. The lowest BCUT2D eigenvalue weighted by molar-refractivity contribution is -0.124. The van der Waals surface area contributed by atoms with Crippen LogP contribution in [0.25, 0.3) is 0 Å². The molecule has 0 radical (unpaired) electrons. The normalized spacial score (nSPS) is 48.3. The van der Waals surface area contributed by atoms with Crippen LogP contribution in [0.5, 0.6) is 0 Å². The number of ketones is 2. The molecule has 2 nitrogen and oxygen atoms in total. The Labute approximate surface area is 139 Å². The minimum Gasteiger partial charge on any atom is -0.300 e. The zero-order valence-electron chi connectivity index (χ0n) is 14.6. The van der Waals surface area contributed by atoms with E-state index in [0.29, 0.717) is 35.7 Å². The maximum absolute atomic E-state index is 12.1. The smallest absolute Gasteiger partial charge is 0.155 e. The van der Waals surface area contributed by atoms with Crippen LogP contribution in [0.2, 0.25) is 0 Å². The first-order valence-electron chi connectivity index (χ1n) is 9.30. The zero-order valence-corrected chi connectivity index (χ0v) is 14.6. The minimum absolute atomic E-state index is 0.0645. The van der Waals surface area contributed by atoms with Crippen LogP contribution in [0, 0.1) is 34.5 Å². The van der Waals surface area contributed by atoms with Gasteiger partial charge in [0.2, 0.25) is 0 Å². The second-order valence-electron chi connectivity index (χ2n) is 8.85. The van der Waals surface area contributed by atoms with E-state index in [9.17, 15) is 9.59 Å². The first-order chi connectivity index (χ1) is 10.9. The number of fused-ring (bicyclic) bond motifs is 5. The molecule has 2 saturated carbocycles. The first kappa shape index (κ1) is 15.4. The molecule has 0 aliphatic heterocycles. The summed E-state index contributed by atoms with van der Waals surface area (Å²) in [7, 11) is 0. The van der Waals surface area contributed by atoms with Gasteiger partial charge >= 0.3 is 0 Å². The van der Waals surface area contributed by atoms with Crippen LogP contribution >= 0.6 is 0 Å². The van der Waals surface area contributed by atoms with Crippen molar-refractivity contribution in [2.75, 3.05) is 0 Å². The fourth-order valence-corrected chi connectivity index (χ4v) is 6.59. The Hall–Kier alpha value is -1.18. The maximum Gasteiger partial charge on any atom is 0.155 e. The summed E-state index contributed by atoms with van der Waals surface area (Å²) in [4.78, 5) is 24.0. The van der Waals surface area contributed by atoms with Crippen LogP contribution in [0.1, 0.15) is 59.3 Å². The van der Waals surface area contributed by atoms with Crippen molar-refractivity contribution in [3.05, 3.63) is 23.8 Å². The summed E-state index contributed by atoms with van der Waals surface area (Å²) in [6.45, 7) is 6.47. The molecule has 0 aromatic carbocycles. The van der Waals surface area contributed by atoms with Crippen LogP contribution in [-0.2, 0) is 9.59 Å². The Kier molecular flexibility index (Phi) is 3.28. The molecule has 4 aliphatic rings. The van der Waals surface area contributed by atoms with Crippen molar-refractivity contribution >= 4 is 11.6 Å². The van der Waals surface area contributed by atoms with Crippen molar-refractivity contribution in [2.24, 2.45) is 34.5 Å². The molecule has 6 atom stereocenters. The number of hydrogen-bond acceptors (Lipinski definition) is 2. The van der Waals surface area contributed by atoms with E-state index in [2.05, 4.69) is 26.0 Å². The number of Topliss-reactive ketones (excluding diaryl/α,β-unsaturated/α-hetero) is 1. The van der Waals surface area contributed by atoms with Crippen molar-refractivity contribution in [3.8, 4) is 0 Å². The average molecular weight is 312 g/mol. The Morgan fingerprint density at radius 3 is 2.70 bits per heavy atom. The van der Waals surface area contributed by atoms with Gasteiger partial charge in [-0.15, -0.1) is 0 Å². The molecule has 0 N–H and O–H groups in total. The standard InChI is InChI=1S/C21H28O2/c1-13(22)17-6-7-18-16-5-4-14-12-15(23)8-10-20(14,2)19(16)9-11-21(17,18)3/h9,11-12,16-19H,4-8,10H2,1-3H3/t16-,17+,18-,19-,20-,21-/m1/s1. The Morgan fingerprint density at radius 1 is 1.17 bits per heavy atom. The summed E-state index contributed by atoms with van der Waals surface area (Å²) in [5, 5.41) is 0. The molecule has 124 valence electrons. The van der Waals surface area contributed by atoms with E-state index in [-0.39, 0.29) is 16.7 Å². The van der Waals surface area contributed by atoms with Gasteiger partial charge in [0.25, 0.3) is 0 Å². The lowest BCUT2D eigenvalue weighted by Gasteiger charge is -2.55. The number of hydrogen-bond donors (Lipinski definition) is 0. The molecule has 0 saturated heterocycles. The van der Waals surface area contributed by atoms with Crippen molar-refractivity contribution in [3.63, 3.8) is 0 Å². The second-order valence-corrected chi connectivity index (χ2v) is 8.85. The molecule has 0 spiro atoms. The van der Waals surface area contributed by atoms with Crippen LogP contribution in [0.4, 0.5) is 0 Å². The molecule has 2 fully saturated rings. The number of rotatable bonds is 1. The zero-order chi connectivity index (χ0) is 16.4. The van der Waals surface area contributed by atoms with Crippen LogP contribution in [-0.4, -0.2) is 11.6 Å². The third kappa shape index (κ3) is 1.99. The third-order valence-corrected chi connectivity index (χ3v) is 7.89. The molecule has 4 rings (SSSR count). The van der Waals surface area contributed by atoms with Crippen molar-refractivity contribution in [1.29, 1.82) is 0 Å². The van der Waals surface area contributed by atoms with Crippen LogP contribution in [0.15, 0.2) is 23.8 Å². The maximum atomic E-state index is 12.1. The summed E-state index contributed by atoms with van der Waals surface area (Å²) in [6.07, 6.45) is 13.0. The van der Waals surface area contributed by atoms with E-state index in [1.165, 1.54) is 18.4 Å². The molecule has 0 unspecified atom stereocenters. The van der Waals surface area contributed by atoms with E-state index in [1.807, 2.05) is 6.08 Å². The van der Waals surface area contributed by atoms with Gasteiger partial charge in [-0.05, 0) is 73.7 Å². The molecule has 2 heteroatoms. The number of carbonyl (C=O) groups excluding carboxylic acids is 2. The van der Waals surface area contributed by atoms with Gasteiger partial charge in [-0.25, -0.2) is 0 Å². The van der Waals surface area contributed by atoms with Gasteiger partial charge in [0.1, 0.15) is 5.78 Å². The summed E-state index contributed by atoms with van der Waals surface area (Å²) < 4.78 is 0. The highest BCUT2D eigenvalue weighted by atomic mass is 16.1. The fourth-order valence-electron chi connectivity index (χ4n) is 6.59. The minimum atomic E-state index is 0.0645. The summed E-state index contributed by atoms with van der Waals surface area (Å²) in [6, 6.07) is 0. The largest absolute Gasteiger partial charge is 0.300 e. The molecular weight excluding hydrogens is 284 g/mol. The molecular formula is C21H28O2. The highest BCUT2D eigenvalue weighted by Gasteiger charge is 2.57. The van der Waals surface area contributed by atoms with E-state index in [4.69, 9.17) is 0 Å². The second kappa shape index (κ2) is 4.91. The van der Waals surface area contributed by atoms with Gasteiger partial charge < -0.3 is 0 Å². The van der Waals surface area contributed by atoms with Gasteiger partial charge in [0.15, 0.2) is 5.78 Å². The van der Waals surface area contributed by atoms with Gasteiger partial charge in [0.05, 0.1) is 0 Å². The van der Waals surface area contributed by atoms with E-state index >= 15 is 0 Å². The van der Waals surface area contributed by atoms with E-state index < -0.39 is 0 Å². The summed E-state index contributed by atoms with van der Waals surface area (Å²) in [5.74, 6) is 2.77. The Balaban J connectivity index is 1.74. The molecule has 0 aromatic heterocycles. The highest BCUT2D eigenvalue weighted by Crippen LogP contribution is 2.64. The van der Waals surface area contributed by atoms with Crippen LogP contribution < -0.4 is 0 Å². The average Bonchev–Trinajstić information content (AvgIpc) is 2.85. The Bertz CT molecular complexity index is 628. The van der Waals surface area contributed by atoms with Crippen molar-refractivity contribution in [1.82, 2.24) is 0 Å². The van der Waals surface area contributed by atoms with Gasteiger partial charge in [0, 0.05) is 12.3 Å². The van der Waals surface area contributed by atoms with Gasteiger partial charge in [-0.3, -0.25) is 9.59 Å². The van der Waals surface area contributed by atoms with Crippen molar-refractivity contribution < 1.29 is 9.59 Å². The van der Waals surface area contributed by atoms with Gasteiger partial charge in [-0.1, -0.05) is 31.6 Å². The predicted molar refractivity (Wildman–Crippen MR) is 90.8 cm³/mol. The third-order valence-electron chi connectivity index (χ3n) is 7.89. The topological polar surface area (TPSA) is 34.1 Å². The molecule has 0 heterocycles.